The van der Waals surface area contributed by atoms with Gasteiger partial charge in [0.2, 0.25) is 0 Å². The summed E-state index contributed by atoms with van der Waals surface area (Å²) >= 11 is 6.71. The normalized spacial score (nSPS) is 10.2. The lowest BCUT2D eigenvalue weighted by atomic mass is 10.2. The lowest BCUT2D eigenvalue weighted by molar-refractivity contribution is 0.0951. The Morgan fingerprint density at radius 1 is 1.16 bits per heavy atom. The number of carbonyl (C=O) groups excluding carboxylic acids is 1. The summed E-state index contributed by atoms with van der Waals surface area (Å²) in [5.74, 6) is -0.124. The number of carbonyl (C=O) groups is 1. The van der Waals surface area contributed by atoms with Crippen molar-refractivity contribution in [3.8, 4) is 0 Å². The van der Waals surface area contributed by atoms with E-state index < -0.39 is 0 Å². The lowest BCUT2D eigenvalue weighted by Crippen LogP contribution is -2.22. The number of halogens is 2. The zero-order valence-electron chi connectivity index (χ0n) is 9.99. The average Bonchev–Trinajstić information content (AvgIpc) is 2.39. The van der Waals surface area contributed by atoms with Crippen LogP contribution in [0.1, 0.15) is 15.9 Å². The van der Waals surface area contributed by atoms with Crippen LogP contribution in [0.4, 0.5) is 5.69 Å². The van der Waals surface area contributed by atoms with Gasteiger partial charge in [0.1, 0.15) is 0 Å². The smallest absolute Gasteiger partial charge is 0.251 e. The third-order valence-corrected chi connectivity index (χ3v) is 3.78. The second-order valence-corrected chi connectivity index (χ2v) is 5.82. The maximum Gasteiger partial charge on any atom is 0.251 e. The minimum Gasteiger partial charge on any atom is -0.398 e. The number of amides is 1. The van der Waals surface area contributed by atoms with Gasteiger partial charge in [-0.15, -0.1) is 0 Å². The number of hydrogen-bond acceptors (Lipinski definition) is 2. The molecule has 0 unspecified atom stereocenters. The molecular formula is C14H12Br2N2O. The van der Waals surface area contributed by atoms with Crippen LogP contribution in [0.3, 0.4) is 0 Å². The van der Waals surface area contributed by atoms with E-state index in [1.165, 1.54) is 0 Å². The van der Waals surface area contributed by atoms with E-state index in [9.17, 15) is 4.79 Å². The van der Waals surface area contributed by atoms with Crippen LogP contribution in [0.5, 0.6) is 0 Å². The van der Waals surface area contributed by atoms with Crippen molar-refractivity contribution in [1.29, 1.82) is 0 Å². The van der Waals surface area contributed by atoms with E-state index in [-0.39, 0.29) is 5.91 Å². The highest BCUT2D eigenvalue weighted by Crippen LogP contribution is 2.20. The number of rotatable bonds is 3. The van der Waals surface area contributed by atoms with Gasteiger partial charge in [-0.1, -0.05) is 28.1 Å². The third-order valence-electron chi connectivity index (χ3n) is 2.60. The van der Waals surface area contributed by atoms with Crippen LogP contribution in [0.25, 0.3) is 0 Å². The molecule has 0 aliphatic carbocycles. The summed E-state index contributed by atoms with van der Waals surface area (Å²) in [7, 11) is 0. The van der Waals surface area contributed by atoms with E-state index in [0.29, 0.717) is 17.8 Å². The molecule has 2 aromatic rings. The van der Waals surface area contributed by atoms with Crippen molar-refractivity contribution in [2.45, 2.75) is 6.54 Å². The first kappa shape index (κ1) is 14.1. The Labute approximate surface area is 128 Å². The van der Waals surface area contributed by atoms with Gasteiger partial charge in [-0.05, 0) is 51.8 Å². The zero-order chi connectivity index (χ0) is 13.8. The molecule has 3 nitrogen and oxygen atoms in total. The van der Waals surface area contributed by atoms with Crippen molar-refractivity contribution in [3.05, 3.63) is 62.5 Å². The third kappa shape index (κ3) is 3.81. The molecular weight excluding hydrogens is 372 g/mol. The number of anilines is 1. The maximum atomic E-state index is 12.0. The zero-order valence-corrected chi connectivity index (χ0v) is 13.2. The molecule has 0 aliphatic rings. The van der Waals surface area contributed by atoms with E-state index >= 15 is 0 Å². The summed E-state index contributed by atoms with van der Waals surface area (Å²) in [4.78, 5) is 12.0. The van der Waals surface area contributed by atoms with E-state index in [1.807, 2.05) is 24.3 Å². The summed E-state index contributed by atoms with van der Waals surface area (Å²) in [5.41, 5.74) is 7.92. The van der Waals surface area contributed by atoms with Crippen LogP contribution in [0, 0.1) is 0 Å². The fourth-order valence-corrected chi connectivity index (χ4v) is 2.43. The summed E-state index contributed by atoms with van der Waals surface area (Å²) < 4.78 is 1.72. The number of hydrogen-bond donors (Lipinski definition) is 2. The SMILES string of the molecule is Nc1ccc(C(=O)NCc2cccc(Br)c2)cc1Br. The van der Waals surface area contributed by atoms with Crippen LogP contribution in [-0.4, -0.2) is 5.91 Å². The Balaban J connectivity index is 2.03. The Kier molecular flexibility index (Phi) is 4.61. The van der Waals surface area contributed by atoms with Gasteiger partial charge in [-0.3, -0.25) is 4.79 Å². The standard InChI is InChI=1S/C14H12Br2N2O/c15-11-3-1-2-9(6-11)8-18-14(19)10-4-5-13(17)12(16)7-10/h1-7H,8,17H2,(H,18,19). The monoisotopic (exact) mass is 382 g/mol. The van der Waals surface area contributed by atoms with Gasteiger partial charge in [-0.25, -0.2) is 0 Å². The van der Waals surface area contributed by atoms with E-state index in [2.05, 4.69) is 37.2 Å². The van der Waals surface area contributed by atoms with E-state index in [1.54, 1.807) is 18.2 Å². The van der Waals surface area contributed by atoms with Crippen LogP contribution in [-0.2, 0) is 6.54 Å². The molecule has 0 radical (unpaired) electrons. The van der Waals surface area contributed by atoms with Gasteiger partial charge >= 0.3 is 0 Å². The topological polar surface area (TPSA) is 55.1 Å². The van der Waals surface area contributed by atoms with Crippen molar-refractivity contribution in [2.24, 2.45) is 0 Å². The van der Waals surface area contributed by atoms with Gasteiger partial charge in [0.15, 0.2) is 0 Å². The first-order valence-corrected chi connectivity index (χ1v) is 7.22. The molecule has 19 heavy (non-hydrogen) atoms. The van der Waals surface area contributed by atoms with Crippen molar-refractivity contribution < 1.29 is 4.79 Å². The summed E-state index contributed by atoms with van der Waals surface area (Å²) in [5, 5.41) is 2.87. The fraction of sp³-hybridized carbons (Fsp3) is 0.0714. The molecule has 2 aromatic carbocycles. The largest absolute Gasteiger partial charge is 0.398 e. The molecule has 0 saturated carbocycles. The molecule has 0 atom stereocenters. The molecule has 0 fully saturated rings. The Morgan fingerprint density at radius 3 is 2.63 bits per heavy atom. The Bertz CT molecular complexity index is 614. The minimum absolute atomic E-state index is 0.124. The van der Waals surface area contributed by atoms with Gasteiger partial charge in [0.05, 0.1) is 0 Å². The molecule has 3 N–H and O–H groups in total. The van der Waals surface area contributed by atoms with Crippen molar-refractivity contribution in [1.82, 2.24) is 5.32 Å². The molecule has 5 heteroatoms. The molecule has 2 rings (SSSR count). The molecule has 98 valence electrons. The fourth-order valence-electron chi connectivity index (χ4n) is 1.60. The van der Waals surface area contributed by atoms with Crippen LogP contribution < -0.4 is 11.1 Å². The molecule has 0 bridgehead atoms. The lowest BCUT2D eigenvalue weighted by Gasteiger charge is -2.07. The minimum atomic E-state index is -0.124. The van der Waals surface area contributed by atoms with E-state index in [4.69, 9.17) is 5.73 Å². The summed E-state index contributed by atoms with van der Waals surface area (Å²) in [6.07, 6.45) is 0. The van der Waals surface area contributed by atoms with Crippen LogP contribution in [0.2, 0.25) is 0 Å². The van der Waals surface area contributed by atoms with E-state index in [0.717, 1.165) is 14.5 Å². The second kappa shape index (κ2) is 6.21. The van der Waals surface area contributed by atoms with Crippen molar-refractivity contribution in [3.63, 3.8) is 0 Å². The highest BCUT2D eigenvalue weighted by Gasteiger charge is 2.07. The molecule has 0 spiro atoms. The molecule has 0 saturated heterocycles. The highest BCUT2D eigenvalue weighted by atomic mass is 79.9. The molecule has 0 aromatic heterocycles. The first-order valence-electron chi connectivity index (χ1n) is 5.64. The molecule has 1 amide bonds. The predicted molar refractivity (Wildman–Crippen MR) is 83.9 cm³/mol. The Hall–Kier alpha value is -1.33. The Morgan fingerprint density at radius 2 is 1.95 bits per heavy atom. The average molecular weight is 384 g/mol. The molecule has 0 aliphatic heterocycles. The number of nitrogen functional groups attached to an aromatic ring is 1. The second-order valence-electron chi connectivity index (χ2n) is 4.05. The van der Waals surface area contributed by atoms with Crippen molar-refractivity contribution >= 4 is 43.5 Å². The summed E-state index contributed by atoms with van der Waals surface area (Å²) in [6, 6.07) is 12.9. The quantitative estimate of drug-likeness (QED) is 0.793. The number of benzene rings is 2. The van der Waals surface area contributed by atoms with Crippen LogP contribution >= 0.6 is 31.9 Å². The van der Waals surface area contributed by atoms with Crippen molar-refractivity contribution in [2.75, 3.05) is 5.73 Å². The predicted octanol–water partition coefficient (Wildman–Crippen LogP) is 3.72. The van der Waals surface area contributed by atoms with Gasteiger partial charge in [0.25, 0.3) is 5.91 Å². The highest BCUT2D eigenvalue weighted by molar-refractivity contribution is 9.10. The van der Waals surface area contributed by atoms with Crippen LogP contribution in [0.15, 0.2) is 51.4 Å². The summed E-state index contributed by atoms with van der Waals surface area (Å²) in [6.45, 7) is 0.486. The van der Waals surface area contributed by atoms with Gasteiger partial charge < -0.3 is 11.1 Å². The molecule has 0 heterocycles. The van der Waals surface area contributed by atoms with Gasteiger partial charge in [-0.2, -0.15) is 0 Å². The number of nitrogens with one attached hydrogen (secondary N) is 1. The van der Waals surface area contributed by atoms with Gasteiger partial charge in [0, 0.05) is 26.7 Å². The maximum absolute atomic E-state index is 12.0. The number of nitrogens with two attached hydrogens (primary N) is 1. The first-order chi connectivity index (χ1) is 9.06.